The average molecular weight is 278 g/mol. The normalized spacial score (nSPS) is 10.3. The van der Waals surface area contributed by atoms with Gasteiger partial charge in [0, 0.05) is 23.3 Å². The molecule has 0 aliphatic carbocycles. The van der Waals surface area contributed by atoms with Crippen molar-refractivity contribution in [2.45, 2.75) is 0 Å². The van der Waals surface area contributed by atoms with Crippen molar-refractivity contribution in [3.8, 4) is 23.3 Å². The van der Waals surface area contributed by atoms with Crippen molar-refractivity contribution < 1.29 is 9.47 Å². The van der Waals surface area contributed by atoms with E-state index in [1.807, 2.05) is 53.2 Å². The fraction of sp³-hybridized carbons (Fsp3) is 0.118. The van der Waals surface area contributed by atoms with Gasteiger partial charge >= 0.3 is 0 Å². The molecule has 0 spiro atoms. The van der Waals surface area contributed by atoms with Crippen LogP contribution in [-0.2, 0) is 0 Å². The Morgan fingerprint density at radius 2 is 1.62 bits per heavy atom. The summed E-state index contributed by atoms with van der Waals surface area (Å²) in [5, 5.41) is 10.2. The summed E-state index contributed by atoms with van der Waals surface area (Å²) in [7, 11) is 3.27. The van der Waals surface area contributed by atoms with Crippen molar-refractivity contribution >= 4 is 10.9 Å². The minimum absolute atomic E-state index is 0.642. The van der Waals surface area contributed by atoms with Gasteiger partial charge in [0.15, 0.2) is 0 Å². The molecule has 0 atom stereocenters. The molecule has 0 unspecified atom stereocenters. The zero-order valence-electron chi connectivity index (χ0n) is 11.8. The molecule has 0 aliphatic heterocycles. The Labute approximate surface area is 122 Å². The first-order valence-electron chi connectivity index (χ1n) is 6.50. The quantitative estimate of drug-likeness (QED) is 0.736. The van der Waals surface area contributed by atoms with Crippen LogP contribution in [0.15, 0.2) is 48.7 Å². The first-order valence-corrected chi connectivity index (χ1v) is 6.50. The smallest absolute Gasteiger partial charge is 0.120 e. The fourth-order valence-electron chi connectivity index (χ4n) is 2.38. The molecule has 0 radical (unpaired) electrons. The van der Waals surface area contributed by atoms with Gasteiger partial charge in [-0.1, -0.05) is 0 Å². The summed E-state index contributed by atoms with van der Waals surface area (Å²) in [6.45, 7) is 0. The van der Waals surface area contributed by atoms with Crippen LogP contribution in [0.2, 0.25) is 0 Å². The van der Waals surface area contributed by atoms with Crippen molar-refractivity contribution in [2.24, 2.45) is 0 Å². The number of ether oxygens (including phenoxy) is 2. The van der Waals surface area contributed by atoms with E-state index in [-0.39, 0.29) is 0 Å². The van der Waals surface area contributed by atoms with Crippen LogP contribution >= 0.6 is 0 Å². The summed E-state index contributed by atoms with van der Waals surface area (Å²) in [6, 6.07) is 15.6. The van der Waals surface area contributed by atoms with Crippen LogP contribution in [0.1, 0.15) is 5.56 Å². The summed E-state index contributed by atoms with van der Waals surface area (Å²) < 4.78 is 12.4. The number of hydrogen-bond donors (Lipinski definition) is 0. The number of nitriles is 1. The monoisotopic (exact) mass is 278 g/mol. The van der Waals surface area contributed by atoms with Crippen molar-refractivity contribution in [1.29, 1.82) is 5.26 Å². The highest BCUT2D eigenvalue weighted by atomic mass is 16.5. The van der Waals surface area contributed by atoms with E-state index in [0.29, 0.717) is 5.56 Å². The highest BCUT2D eigenvalue weighted by Crippen LogP contribution is 2.28. The summed E-state index contributed by atoms with van der Waals surface area (Å²) in [5.74, 6) is 1.56. The molecular weight excluding hydrogens is 264 g/mol. The van der Waals surface area contributed by atoms with E-state index in [9.17, 15) is 5.26 Å². The molecule has 3 rings (SSSR count). The lowest BCUT2D eigenvalue weighted by atomic mass is 10.2. The van der Waals surface area contributed by atoms with E-state index in [1.165, 1.54) is 0 Å². The molecule has 0 fully saturated rings. The number of rotatable bonds is 3. The van der Waals surface area contributed by atoms with E-state index < -0.39 is 0 Å². The summed E-state index contributed by atoms with van der Waals surface area (Å²) >= 11 is 0. The zero-order valence-corrected chi connectivity index (χ0v) is 11.8. The second-order valence-electron chi connectivity index (χ2n) is 4.61. The average Bonchev–Trinajstić information content (AvgIpc) is 2.92. The number of fused-ring (bicyclic) bond motifs is 1. The molecule has 2 aromatic carbocycles. The van der Waals surface area contributed by atoms with Crippen LogP contribution in [0.3, 0.4) is 0 Å². The van der Waals surface area contributed by atoms with Gasteiger partial charge in [0.25, 0.3) is 0 Å². The number of hydrogen-bond acceptors (Lipinski definition) is 3. The number of benzene rings is 2. The van der Waals surface area contributed by atoms with Gasteiger partial charge in [-0.2, -0.15) is 5.26 Å². The molecule has 0 saturated heterocycles. The van der Waals surface area contributed by atoms with Crippen molar-refractivity contribution in [3.63, 3.8) is 0 Å². The van der Waals surface area contributed by atoms with Crippen LogP contribution in [0.5, 0.6) is 11.5 Å². The Bertz CT molecular complexity index is 826. The van der Waals surface area contributed by atoms with Gasteiger partial charge in [-0.15, -0.1) is 0 Å². The summed E-state index contributed by atoms with van der Waals surface area (Å²) in [4.78, 5) is 0. The fourth-order valence-corrected chi connectivity index (χ4v) is 2.38. The highest BCUT2D eigenvalue weighted by Gasteiger charge is 2.10. The van der Waals surface area contributed by atoms with Crippen molar-refractivity contribution in [1.82, 2.24) is 4.57 Å². The zero-order chi connectivity index (χ0) is 14.8. The molecular formula is C17H14N2O2. The Balaban J connectivity index is 2.22. The van der Waals surface area contributed by atoms with Gasteiger partial charge in [-0.25, -0.2) is 0 Å². The SMILES string of the molecule is COc1ccc(-n2cc(C#N)c3ccc(OC)cc32)cc1. The third-order valence-corrected chi connectivity index (χ3v) is 3.48. The molecule has 3 aromatic rings. The van der Waals surface area contributed by atoms with E-state index >= 15 is 0 Å². The number of aromatic nitrogens is 1. The van der Waals surface area contributed by atoms with Crippen LogP contribution in [0.4, 0.5) is 0 Å². The van der Waals surface area contributed by atoms with Gasteiger partial charge in [0.05, 0.1) is 25.3 Å². The van der Waals surface area contributed by atoms with Crippen LogP contribution in [0, 0.1) is 11.3 Å². The maximum Gasteiger partial charge on any atom is 0.120 e. The standard InChI is InChI=1S/C17H14N2O2/c1-20-14-5-3-13(4-6-14)19-11-12(10-18)16-8-7-15(21-2)9-17(16)19/h3-9,11H,1-2H3. The topological polar surface area (TPSA) is 47.2 Å². The van der Waals surface area contributed by atoms with Crippen molar-refractivity contribution in [2.75, 3.05) is 14.2 Å². The van der Waals surface area contributed by atoms with E-state index in [1.54, 1.807) is 14.2 Å². The van der Waals surface area contributed by atoms with Gasteiger partial charge in [0.1, 0.15) is 17.6 Å². The molecule has 4 heteroatoms. The first kappa shape index (κ1) is 13.1. The summed E-state index contributed by atoms with van der Waals surface area (Å²) in [6.07, 6.45) is 1.84. The Morgan fingerprint density at radius 3 is 2.24 bits per heavy atom. The van der Waals surface area contributed by atoms with Gasteiger partial charge in [0.2, 0.25) is 0 Å². The van der Waals surface area contributed by atoms with E-state index in [0.717, 1.165) is 28.1 Å². The van der Waals surface area contributed by atoms with Gasteiger partial charge < -0.3 is 14.0 Å². The van der Waals surface area contributed by atoms with E-state index in [4.69, 9.17) is 9.47 Å². The Morgan fingerprint density at radius 1 is 0.952 bits per heavy atom. The third kappa shape index (κ3) is 2.19. The number of methoxy groups -OCH3 is 2. The summed E-state index contributed by atoms with van der Waals surface area (Å²) in [5.41, 5.74) is 2.55. The van der Waals surface area contributed by atoms with Crippen LogP contribution < -0.4 is 9.47 Å². The lowest BCUT2D eigenvalue weighted by Gasteiger charge is -2.07. The third-order valence-electron chi connectivity index (χ3n) is 3.48. The predicted octanol–water partition coefficient (Wildman–Crippen LogP) is 3.52. The van der Waals surface area contributed by atoms with Crippen molar-refractivity contribution in [3.05, 3.63) is 54.2 Å². The first-order chi connectivity index (χ1) is 10.3. The Hall–Kier alpha value is -2.93. The second-order valence-corrected chi connectivity index (χ2v) is 4.61. The largest absolute Gasteiger partial charge is 0.497 e. The maximum atomic E-state index is 9.29. The molecule has 0 saturated carbocycles. The van der Waals surface area contributed by atoms with E-state index in [2.05, 4.69) is 6.07 Å². The molecule has 0 amide bonds. The molecule has 21 heavy (non-hydrogen) atoms. The van der Waals surface area contributed by atoms with Gasteiger partial charge in [-0.05, 0) is 36.4 Å². The molecule has 1 heterocycles. The molecule has 1 aromatic heterocycles. The lowest BCUT2D eigenvalue weighted by Crippen LogP contribution is -1.92. The minimum atomic E-state index is 0.642. The molecule has 0 N–H and O–H groups in total. The predicted molar refractivity (Wildman–Crippen MR) is 81.1 cm³/mol. The molecule has 0 aliphatic rings. The Kier molecular flexibility index (Phi) is 3.25. The molecule has 4 nitrogen and oxygen atoms in total. The lowest BCUT2D eigenvalue weighted by molar-refractivity contribution is 0.414. The molecule has 0 bridgehead atoms. The minimum Gasteiger partial charge on any atom is -0.497 e. The van der Waals surface area contributed by atoms with Crippen LogP contribution in [0.25, 0.3) is 16.6 Å². The number of nitrogens with zero attached hydrogens (tertiary/aromatic N) is 2. The second kappa shape index (κ2) is 5.22. The molecule has 104 valence electrons. The maximum absolute atomic E-state index is 9.29. The van der Waals surface area contributed by atoms with Gasteiger partial charge in [-0.3, -0.25) is 0 Å². The highest BCUT2D eigenvalue weighted by molar-refractivity contribution is 5.89. The van der Waals surface area contributed by atoms with Crippen LogP contribution in [-0.4, -0.2) is 18.8 Å².